The van der Waals surface area contributed by atoms with Gasteiger partial charge in [0.1, 0.15) is 0 Å². The van der Waals surface area contributed by atoms with Crippen LogP contribution in [0.2, 0.25) is 0 Å². The molecule has 122 valence electrons. The van der Waals surface area contributed by atoms with Crippen molar-refractivity contribution >= 4 is 5.91 Å². The maximum absolute atomic E-state index is 12.8. The smallest absolute Gasteiger partial charge is 0.257 e. The summed E-state index contributed by atoms with van der Waals surface area (Å²) in [5.74, 6) is 0.195. The molecule has 0 saturated carbocycles. The number of amides is 1. The second-order valence-corrected chi connectivity index (χ2v) is 6.15. The van der Waals surface area contributed by atoms with Crippen molar-refractivity contribution in [2.45, 2.75) is 32.8 Å². The third-order valence-corrected chi connectivity index (χ3v) is 4.63. The number of para-hydroxylation sites is 1. The molecule has 0 spiro atoms. The number of benzene rings is 1. The summed E-state index contributed by atoms with van der Waals surface area (Å²) in [5, 5.41) is 14.1. The molecule has 23 heavy (non-hydrogen) atoms. The third kappa shape index (κ3) is 3.01. The molecule has 5 nitrogen and oxygen atoms in total. The molecule has 1 amide bonds. The van der Waals surface area contributed by atoms with Gasteiger partial charge in [0.05, 0.1) is 29.2 Å². The normalized spacial score (nSPS) is 19.1. The first kappa shape index (κ1) is 15.7. The molecule has 1 aliphatic heterocycles. The Morgan fingerprint density at radius 2 is 2.13 bits per heavy atom. The second kappa shape index (κ2) is 6.54. The van der Waals surface area contributed by atoms with Gasteiger partial charge in [-0.1, -0.05) is 25.1 Å². The molecule has 2 unspecified atom stereocenters. The highest BCUT2D eigenvalue weighted by Gasteiger charge is 2.31. The molecule has 2 atom stereocenters. The molecule has 5 heteroatoms. The van der Waals surface area contributed by atoms with Crippen molar-refractivity contribution in [1.82, 2.24) is 14.7 Å². The van der Waals surface area contributed by atoms with Gasteiger partial charge in [-0.25, -0.2) is 4.68 Å². The van der Waals surface area contributed by atoms with Crippen LogP contribution in [0.4, 0.5) is 0 Å². The highest BCUT2D eigenvalue weighted by Crippen LogP contribution is 2.24. The summed E-state index contributed by atoms with van der Waals surface area (Å²) < 4.78 is 1.84. The lowest BCUT2D eigenvalue weighted by molar-refractivity contribution is 0.0761. The van der Waals surface area contributed by atoms with Gasteiger partial charge in [0.25, 0.3) is 5.91 Å². The lowest BCUT2D eigenvalue weighted by atomic mass is 10.0. The van der Waals surface area contributed by atoms with E-state index in [9.17, 15) is 9.90 Å². The Bertz CT molecular complexity index is 679. The summed E-state index contributed by atoms with van der Waals surface area (Å²) in [7, 11) is 0. The van der Waals surface area contributed by atoms with Crippen LogP contribution in [0.1, 0.15) is 36.3 Å². The minimum Gasteiger partial charge on any atom is -0.393 e. The first-order valence-corrected chi connectivity index (χ1v) is 8.21. The van der Waals surface area contributed by atoms with E-state index in [0.717, 1.165) is 24.2 Å². The summed E-state index contributed by atoms with van der Waals surface area (Å²) in [6.07, 6.45) is 2.90. The van der Waals surface area contributed by atoms with Gasteiger partial charge in [-0.15, -0.1) is 0 Å². The maximum Gasteiger partial charge on any atom is 0.257 e. The molecule has 0 bridgehead atoms. The van der Waals surface area contributed by atoms with Gasteiger partial charge < -0.3 is 10.0 Å². The van der Waals surface area contributed by atoms with E-state index in [2.05, 4.69) is 5.10 Å². The van der Waals surface area contributed by atoms with E-state index >= 15 is 0 Å². The summed E-state index contributed by atoms with van der Waals surface area (Å²) >= 11 is 0. The minimum atomic E-state index is -0.370. The largest absolute Gasteiger partial charge is 0.393 e. The molecule has 1 saturated heterocycles. The van der Waals surface area contributed by atoms with Crippen LogP contribution < -0.4 is 0 Å². The van der Waals surface area contributed by atoms with Crippen LogP contribution in [0.15, 0.2) is 36.5 Å². The zero-order valence-corrected chi connectivity index (χ0v) is 13.6. The van der Waals surface area contributed by atoms with Crippen molar-refractivity contribution in [2.24, 2.45) is 5.92 Å². The number of hydrogen-bond acceptors (Lipinski definition) is 3. The van der Waals surface area contributed by atoms with Crippen molar-refractivity contribution in [2.75, 3.05) is 13.1 Å². The molecule has 1 N–H and O–H groups in total. The number of aliphatic hydroxyl groups excluding tert-OH is 1. The summed E-state index contributed by atoms with van der Waals surface area (Å²) in [6.45, 7) is 5.16. The van der Waals surface area contributed by atoms with E-state index in [1.54, 1.807) is 13.1 Å². The van der Waals surface area contributed by atoms with Crippen LogP contribution in [-0.2, 0) is 6.42 Å². The molecule has 1 fully saturated rings. The highest BCUT2D eigenvalue weighted by molar-refractivity contribution is 5.95. The molecule has 3 rings (SSSR count). The predicted molar refractivity (Wildman–Crippen MR) is 88.6 cm³/mol. The van der Waals surface area contributed by atoms with Crippen LogP contribution in [0.25, 0.3) is 5.69 Å². The maximum atomic E-state index is 12.8. The topological polar surface area (TPSA) is 58.4 Å². The van der Waals surface area contributed by atoms with Gasteiger partial charge in [0, 0.05) is 19.0 Å². The van der Waals surface area contributed by atoms with Crippen molar-refractivity contribution in [3.8, 4) is 5.69 Å². The zero-order valence-electron chi connectivity index (χ0n) is 13.6. The van der Waals surface area contributed by atoms with Gasteiger partial charge in [0.2, 0.25) is 0 Å². The molecule has 0 radical (unpaired) electrons. The first-order chi connectivity index (χ1) is 11.1. The minimum absolute atomic E-state index is 0.0205. The quantitative estimate of drug-likeness (QED) is 0.942. The van der Waals surface area contributed by atoms with E-state index in [0.29, 0.717) is 18.7 Å². The molecule has 0 aliphatic carbocycles. The fraction of sp³-hybridized carbons (Fsp3) is 0.444. The molecular formula is C18H23N3O2. The van der Waals surface area contributed by atoms with Crippen molar-refractivity contribution < 1.29 is 9.90 Å². The standard InChI is InChI=1S/C18H23N3O2/c1-3-17-16(11-19-21(17)15-7-5-4-6-8-15)18(23)20-10-9-14(12-20)13(2)22/h4-8,11,13-14,22H,3,9-10,12H2,1-2H3. The van der Waals surface area contributed by atoms with E-state index in [-0.39, 0.29) is 17.9 Å². The van der Waals surface area contributed by atoms with Gasteiger partial charge in [0.15, 0.2) is 0 Å². The van der Waals surface area contributed by atoms with E-state index in [4.69, 9.17) is 0 Å². The number of likely N-dealkylation sites (tertiary alicyclic amines) is 1. The molecule has 1 aliphatic rings. The Hall–Kier alpha value is -2.14. The van der Waals surface area contributed by atoms with E-state index < -0.39 is 0 Å². The molecule has 2 heterocycles. The average Bonchev–Trinajstić information content (AvgIpc) is 3.22. The fourth-order valence-corrected chi connectivity index (χ4v) is 3.22. The highest BCUT2D eigenvalue weighted by atomic mass is 16.3. The third-order valence-electron chi connectivity index (χ3n) is 4.63. The van der Waals surface area contributed by atoms with E-state index in [1.807, 2.05) is 46.8 Å². The van der Waals surface area contributed by atoms with Crippen LogP contribution in [0.5, 0.6) is 0 Å². The van der Waals surface area contributed by atoms with Crippen molar-refractivity contribution in [3.05, 3.63) is 47.8 Å². The van der Waals surface area contributed by atoms with Crippen LogP contribution in [0, 0.1) is 5.92 Å². The molecule has 1 aromatic heterocycles. The monoisotopic (exact) mass is 313 g/mol. The Balaban J connectivity index is 1.86. The number of carbonyl (C=O) groups is 1. The van der Waals surface area contributed by atoms with Crippen LogP contribution in [-0.4, -0.2) is 44.9 Å². The SMILES string of the molecule is CCc1c(C(=O)N2CCC(C(C)O)C2)cnn1-c1ccccc1. The number of rotatable bonds is 4. The van der Waals surface area contributed by atoms with Crippen molar-refractivity contribution in [1.29, 1.82) is 0 Å². The van der Waals surface area contributed by atoms with E-state index in [1.165, 1.54) is 0 Å². The van der Waals surface area contributed by atoms with Gasteiger partial charge >= 0.3 is 0 Å². The van der Waals surface area contributed by atoms with Crippen molar-refractivity contribution in [3.63, 3.8) is 0 Å². The lowest BCUT2D eigenvalue weighted by Crippen LogP contribution is -2.30. The van der Waals surface area contributed by atoms with Gasteiger partial charge in [-0.3, -0.25) is 4.79 Å². The lowest BCUT2D eigenvalue weighted by Gasteiger charge is -2.18. The fourth-order valence-electron chi connectivity index (χ4n) is 3.22. The number of carbonyl (C=O) groups excluding carboxylic acids is 1. The summed E-state index contributed by atoms with van der Waals surface area (Å²) in [4.78, 5) is 14.7. The van der Waals surface area contributed by atoms with Gasteiger partial charge in [-0.2, -0.15) is 5.10 Å². The number of nitrogens with zero attached hydrogens (tertiary/aromatic N) is 3. The molecule has 2 aromatic rings. The first-order valence-electron chi connectivity index (χ1n) is 8.21. The Labute approximate surface area is 136 Å². The molecule has 1 aromatic carbocycles. The average molecular weight is 313 g/mol. The Morgan fingerprint density at radius 3 is 2.74 bits per heavy atom. The number of hydrogen-bond donors (Lipinski definition) is 1. The zero-order chi connectivity index (χ0) is 16.4. The van der Waals surface area contributed by atoms with Crippen LogP contribution >= 0.6 is 0 Å². The Morgan fingerprint density at radius 1 is 1.39 bits per heavy atom. The number of aromatic nitrogens is 2. The van der Waals surface area contributed by atoms with Crippen LogP contribution in [0.3, 0.4) is 0 Å². The second-order valence-electron chi connectivity index (χ2n) is 6.15. The summed E-state index contributed by atoms with van der Waals surface area (Å²) in [5.41, 5.74) is 2.57. The molecular weight excluding hydrogens is 290 g/mol. The Kier molecular flexibility index (Phi) is 4.48. The summed E-state index contributed by atoms with van der Waals surface area (Å²) in [6, 6.07) is 9.86. The van der Waals surface area contributed by atoms with Gasteiger partial charge in [-0.05, 0) is 31.9 Å². The predicted octanol–water partition coefficient (Wildman–Crippen LogP) is 2.28. The number of aliphatic hydroxyl groups is 1.